The van der Waals surface area contributed by atoms with Crippen LogP contribution in [0.1, 0.15) is 43.6 Å². The monoisotopic (exact) mass is 600 g/mol. The van der Waals surface area contributed by atoms with E-state index in [2.05, 4.69) is 25.5 Å². The Morgan fingerprint density at radius 1 is 1.02 bits per heavy atom. The van der Waals surface area contributed by atoms with Gasteiger partial charge >= 0.3 is 0 Å². The maximum Gasteiger partial charge on any atom is 0.254 e. The van der Waals surface area contributed by atoms with Gasteiger partial charge in [0.25, 0.3) is 5.91 Å². The van der Waals surface area contributed by atoms with Crippen LogP contribution in [0.5, 0.6) is 5.75 Å². The second-order valence-corrected chi connectivity index (χ2v) is 13.5. The molecule has 0 atom stereocenters. The van der Waals surface area contributed by atoms with Crippen LogP contribution in [-0.2, 0) is 9.84 Å². The van der Waals surface area contributed by atoms with Crippen molar-refractivity contribution in [3.05, 3.63) is 58.7 Å². The highest BCUT2D eigenvalue weighted by molar-refractivity contribution is 7.92. The van der Waals surface area contributed by atoms with E-state index in [0.717, 1.165) is 18.7 Å². The van der Waals surface area contributed by atoms with Gasteiger partial charge in [0.15, 0.2) is 15.7 Å². The fourth-order valence-electron chi connectivity index (χ4n) is 4.38. The molecule has 1 fully saturated rings. The molecule has 4 rings (SSSR count). The highest BCUT2D eigenvalue weighted by Gasteiger charge is 2.25. The van der Waals surface area contributed by atoms with E-state index < -0.39 is 15.1 Å². The van der Waals surface area contributed by atoms with Crippen LogP contribution in [0.3, 0.4) is 0 Å². The lowest BCUT2D eigenvalue weighted by Crippen LogP contribution is -2.47. The summed E-state index contributed by atoms with van der Waals surface area (Å²) in [6, 6.07) is 10.2. The van der Waals surface area contributed by atoms with Crippen LogP contribution in [0.2, 0.25) is 5.02 Å². The Morgan fingerprint density at radius 2 is 1.71 bits per heavy atom. The van der Waals surface area contributed by atoms with Crippen molar-refractivity contribution in [1.82, 2.24) is 19.8 Å². The number of aryl methyl sites for hydroxylation is 1. The molecule has 0 radical (unpaired) electrons. The van der Waals surface area contributed by atoms with Crippen molar-refractivity contribution in [1.29, 1.82) is 0 Å². The van der Waals surface area contributed by atoms with Crippen molar-refractivity contribution in [3.8, 4) is 5.75 Å². The number of halogens is 1. The van der Waals surface area contributed by atoms with Gasteiger partial charge in [0, 0.05) is 31.7 Å². The first-order valence-electron chi connectivity index (χ1n) is 13.6. The standard InChI is InChI=1S/C29H37ClN6O4S/c1-18(2)40-25-16-21(28(37)36-13-11-35(6)12-14-36)20(5)15-24(25)33-29-31-17-22(30)27(34-29)32-23-9-7-8-10-26(23)41(38,39)19(3)4/h7-10,15-19H,11-14H2,1-6H3,(H2,31,32,33,34). The molecular formula is C29H37ClN6O4S. The number of ether oxygens (including phenoxy) is 1. The Balaban J connectivity index is 1.65. The van der Waals surface area contributed by atoms with Gasteiger partial charge in [-0.05, 0) is 71.5 Å². The number of aromatic nitrogens is 2. The van der Waals surface area contributed by atoms with Crippen LogP contribution >= 0.6 is 11.6 Å². The normalized spacial score (nSPS) is 14.4. The lowest BCUT2D eigenvalue weighted by molar-refractivity contribution is 0.0662. The largest absolute Gasteiger partial charge is 0.489 e. The third-order valence-corrected chi connectivity index (χ3v) is 9.25. The number of benzene rings is 2. The summed E-state index contributed by atoms with van der Waals surface area (Å²) < 4.78 is 31.9. The number of rotatable bonds is 9. The molecule has 0 saturated carbocycles. The predicted molar refractivity (Wildman–Crippen MR) is 163 cm³/mol. The molecule has 1 aromatic heterocycles. The van der Waals surface area contributed by atoms with Crippen molar-refractivity contribution < 1.29 is 17.9 Å². The van der Waals surface area contributed by atoms with Crippen molar-refractivity contribution in [3.63, 3.8) is 0 Å². The molecule has 220 valence electrons. The summed E-state index contributed by atoms with van der Waals surface area (Å²) in [5, 5.41) is 5.87. The van der Waals surface area contributed by atoms with Crippen LogP contribution in [0.25, 0.3) is 0 Å². The molecule has 0 aliphatic carbocycles. The number of sulfone groups is 1. The van der Waals surface area contributed by atoms with Crippen LogP contribution in [-0.4, -0.2) is 78.7 Å². The molecule has 10 nitrogen and oxygen atoms in total. The van der Waals surface area contributed by atoms with E-state index in [1.807, 2.05) is 38.8 Å². The van der Waals surface area contributed by atoms with Crippen molar-refractivity contribution >= 4 is 50.5 Å². The number of amides is 1. The molecule has 41 heavy (non-hydrogen) atoms. The molecule has 2 aromatic carbocycles. The number of nitrogens with one attached hydrogen (secondary N) is 2. The van der Waals surface area contributed by atoms with Gasteiger partial charge in [0.2, 0.25) is 5.95 Å². The fourth-order valence-corrected chi connectivity index (χ4v) is 5.72. The van der Waals surface area contributed by atoms with Crippen LogP contribution < -0.4 is 15.4 Å². The summed E-state index contributed by atoms with van der Waals surface area (Å²) in [5.74, 6) is 0.914. The molecule has 0 bridgehead atoms. The molecule has 0 unspecified atom stereocenters. The Morgan fingerprint density at radius 3 is 2.37 bits per heavy atom. The van der Waals surface area contributed by atoms with Crippen LogP contribution in [0.15, 0.2) is 47.5 Å². The number of para-hydroxylation sites is 1. The van der Waals surface area contributed by atoms with E-state index in [1.165, 1.54) is 6.20 Å². The smallest absolute Gasteiger partial charge is 0.254 e. The summed E-state index contributed by atoms with van der Waals surface area (Å²) >= 11 is 6.41. The van der Waals surface area contributed by atoms with Gasteiger partial charge in [-0.3, -0.25) is 4.79 Å². The van der Waals surface area contributed by atoms with Crippen molar-refractivity contribution in [2.24, 2.45) is 0 Å². The van der Waals surface area contributed by atoms with Gasteiger partial charge in [0.1, 0.15) is 10.8 Å². The topological polar surface area (TPSA) is 117 Å². The van der Waals surface area contributed by atoms with E-state index in [-0.39, 0.29) is 33.7 Å². The van der Waals surface area contributed by atoms with Gasteiger partial charge in [-0.2, -0.15) is 4.98 Å². The van der Waals surface area contributed by atoms with E-state index in [9.17, 15) is 13.2 Å². The average molecular weight is 601 g/mol. The van der Waals surface area contributed by atoms with E-state index >= 15 is 0 Å². The van der Waals surface area contributed by atoms with E-state index in [1.54, 1.807) is 44.2 Å². The summed E-state index contributed by atoms with van der Waals surface area (Å²) in [4.78, 5) is 26.4. The van der Waals surface area contributed by atoms with Gasteiger partial charge in [-0.1, -0.05) is 23.7 Å². The number of hydrogen-bond acceptors (Lipinski definition) is 9. The Labute approximate surface area is 247 Å². The van der Waals surface area contributed by atoms with Crippen molar-refractivity contribution in [2.75, 3.05) is 43.9 Å². The molecule has 0 spiro atoms. The number of piperazine rings is 1. The SMILES string of the molecule is Cc1cc(Nc2ncc(Cl)c(Nc3ccccc3S(=O)(=O)C(C)C)n2)c(OC(C)C)cc1C(=O)N1CCN(C)CC1. The fraction of sp³-hybridized carbons (Fsp3) is 0.414. The van der Waals surface area contributed by atoms with E-state index in [0.29, 0.717) is 35.8 Å². The average Bonchev–Trinajstić information content (AvgIpc) is 2.92. The van der Waals surface area contributed by atoms with Gasteiger partial charge in [0.05, 0.1) is 33.8 Å². The molecule has 1 amide bonds. The minimum atomic E-state index is -3.56. The molecule has 12 heteroatoms. The van der Waals surface area contributed by atoms with E-state index in [4.69, 9.17) is 16.3 Å². The summed E-state index contributed by atoms with van der Waals surface area (Å²) in [6.45, 7) is 12.0. The molecule has 1 saturated heterocycles. The lowest BCUT2D eigenvalue weighted by Gasteiger charge is -2.33. The van der Waals surface area contributed by atoms with Crippen molar-refractivity contribution in [2.45, 2.75) is 50.9 Å². The molecular weight excluding hydrogens is 564 g/mol. The minimum absolute atomic E-state index is 0.0278. The molecule has 2 N–H and O–H groups in total. The second kappa shape index (κ2) is 12.6. The van der Waals surface area contributed by atoms with Crippen LogP contribution in [0, 0.1) is 6.92 Å². The number of carbonyl (C=O) groups is 1. The first-order chi connectivity index (χ1) is 19.4. The number of carbonyl (C=O) groups excluding carboxylic acids is 1. The predicted octanol–water partition coefficient (Wildman–Crippen LogP) is 5.28. The highest BCUT2D eigenvalue weighted by Crippen LogP contribution is 2.34. The number of anilines is 4. The maximum atomic E-state index is 13.4. The van der Waals surface area contributed by atoms with Gasteiger partial charge < -0.3 is 25.2 Å². The Hall–Kier alpha value is -3.41. The molecule has 2 heterocycles. The highest BCUT2D eigenvalue weighted by atomic mass is 35.5. The minimum Gasteiger partial charge on any atom is -0.489 e. The molecule has 1 aliphatic rings. The third kappa shape index (κ3) is 7.09. The first-order valence-corrected chi connectivity index (χ1v) is 15.5. The number of likely N-dealkylation sites (N-methyl/N-ethyl adjacent to an activating group) is 1. The third-order valence-electron chi connectivity index (χ3n) is 6.77. The lowest BCUT2D eigenvalue weighted by atomic mass is 10.0. The maximum absolute atomic E-state index is 13.4. The zero-order valence-electron chi connectivity index (χ0n) is 24.2. The zero-order chi connectivity index (χ0) is 29.9. The first kappa shape index (κ1) is 30.5. The van der Waals surface area contributed by atoms with Crippen LogP contribution in [0.4, 0.5) is 23.1 Å². The molecule has 1 aliphatic heterocycles. The molecule has 3 aromatic rings. The Kier molecular flexibility index (Phi) is 9.41. The summed E-state index contributed by atoms with van der Waals surface area (Å²) in [6.07, 6.45) is 1.28. The van der Waals surface area contributed by atoms with Gasteiger partial charge in [-0.25, -0.2) is 13.4 Å². The second-order valence-electron chi connectivity index (χ2n) is 10.7. The Bertz CT molecular complexity index is 1520. The number of nitrogens with zero attached hydrogens (tertiary/aromatic N) is 4. The zero-order valence-corrected chi connectivity index (χ0v) is 25.8. The summed E-state index contributed by atoms with van der Waals surface area (Å²) in [5.41, 5.74) is 2.31. The number of hydrogen-bond donors (Lipinski definition) is 2. The van der Waals surface area contributed by atoms with Gasteiger partial charge in [-0.15, -0.1) is 0 Å². The summed E-state index contributed by atoms with van der Waals surface area (Å²) in [7, 11) is -1.51. The quantitative estimate of drug-likeness (QED) is 0.338.